The van der Waals surface area contributed by atoms with Crippen molar-refractivity contribution in [2.75, 3.05) is 52.6 Å². The predicted molar refractivity (Wildman–Crippen MR) is 123 cm³/mol. The molecule has 1 saturated heterocycles. The van der Waals surface area contributed by atoms with Gasteiger partial charge in [-0.25, -0.2) is 8.78 Å². The van der Waals surface area contributed by atoms with Crippen LogP contribution in [0.25, 0.3) is 0 Å². The second kappa shape index (κ2) is 10.7. The van der Waals surface area contributed by atoms with Crippen LogP contribution >= 0.6 is 11.9 Å². The van der Waals surface area contributed by atoms with Crippen LogP contribution in [-0.2, 0) is 6.42 Å². The highest BCUT2D eigenvalue weighted by Crippen LogP contribution is 2.38. The average Bonchev–Trinajstić information content (AvgIpc) is 2.80. The van der Waals surface area contributed by atoms with Crippen LogP contribution in [0.2, 0.25) is 0 Å². The van der Waals surface area contributed by atoms with Gasteiger partial charge in [0.15, 0.2) is 0 Å². The molecule has 2 aliphatic rings. The summed E-state index contributed by atoms with van der Waals surface area (Å²) >= 11 is 1.17. The number of aliphatic hydroxyl groups is 1. The third kappa shape index (κ3) is 5.84. The summed E-state index contributed by atoms with van der Waals surface area (Å²) in [6, 6.07) is 13.1. The highest BCUT2D eigenvalue weighted by molar-refractivity contribution is 7.97. The molecule has 33 heavy (non-hydrogen) atoms. The van der Waals surface area contributed by atoms with Crippen molar-refractivity contribution >= 4 is 11.9 Å². The Labute approximate surface area is 196 Å². The zero-order valence-electron chi connectivity index (χ0n) is 18.4. The second-order valence-corrected chi connectivity index (χ2v) is 9.52. The minimum absolute atomic E-state index is 0.156. The molecule has 1 atom stereocenters. The van der Waals surface area contributed by atoms with Crippen LogP contribution < -0.4 is 9.88 Å². The molecule has 0 radical (unpaired) electrons. The second-order valence-electron chi connectivity index (χ2n) is 8.81. The maximum absolute atomic E-state index is 14.1. The van der Waals surface area contributed by atoms with Gasteiger partial charge in [-0.1, -0.05) is 18.2 Å². The number of hydrogen-bond acceptors (Lipinski definition) is 6. The zero-order valence-corrected chi connectivity index (χ0v) is 19.2. The van der Waals surface area contributed by atoms with Crippen molar-refractivity contribution in [1.29, 1.82) is 0 Å². The van der Waals surface area contributed by atoms with Crippen molar-refractivity contribution in [2.45, 2.75) is 23.3 Å². The van der Waals surface area contributed by atoms with Crippen molar-refractivity contribution in [3.63, 3.8) is 0 Å². The van der Waals surface area contributed by atoms with E-state index in [1.807, 2.05) is 42.5 Å². The van der Waals surface area contributed by atoms with Gasteiger partial charge in [0.2, 0.25) is 0 Å². The van der Waals surface area contributed by atoms with E-state index in [9.17, 15) is 13.2 Å². The molecule has 0 saturated carbocycles. The van der Waals surface area contributed by atoms with Crippen LogP contribution in [0.1, 0.15) is 22.7 Å². The summed E-state index contributed by atoms with van der Waals surface area (Å²) in [5, 5.41) is 14.8. The molecule has 180 valence electrons. The predicted octanol–water partition coefficient (Wildman–Crippen LogP) is 3.51. The number of alkyl halides is 3. The molecule has 3 N–H and O–H groups in total. The fraction of sp³-hybridized carbons (Fsp3) is 0.500. The quantitative estimate of drug-likeness (QED) is 0.507. The number of hydrogen-bond donors (Lipinski definition) is 2. The summed E-state index contributed by atoms with van der Waals surface area (Å²) in [5.74, 6) is -2.31. The van der Waals surface area contributed by atoms with Crippen LogP contribution in [0, 0.1) is 5.92 Å². The van der Waals surface area contributed by atoms with Crippen LogP contribution in [0.5, 0.6) is 5.75 Å². The Morgan fingerprint density at radius 1 is 1.15 bits per heavy atom. The maximum atomic E-state index is 14.1. The normalized spacial score (nSPS) is 19.8. The van der Waals surface area contributed by atoms with Gasteiger partial charge in [-0.3, -0.25) is 19.3 Å². The number of likely N-dealkylation sites (tertiary alicyclic amines) is 1. The Kier molecular flexibility index (Phi) is 7.86. The Morgan fingerprint density at radius 2 is 1.91 bits per heavy atom. The van der Waals surface area contributed by atoms with Crippen molar-refractivity contribution in [1.82, 2.24) is 9.80 Å². The smallest absolute Gasteiger partial charge is 0.283 e. The summed E-state index contributed by atoms with van der Waals surface area (Å²) in [6.07, 6.45) is 0.642. The monoisotopic (exact) mass is 481 g/mol. The zero-order chi connectivity index (χ0) is 23.4. The molecular weight excluding hydrogens is 451 g/mol. The van der Waals surface area contributed by atoms with E-state index in [1.54, 1.807) is 4.90 Å². The van der Waals surface area contributed by atoms with Crippen molar-refractivity contribution in [2.24, 2.45) is 11.1 Å². The average molecular weight is 482 g/mol. The number of nitrogens with two attached hydrogens (primary N) is 1. The van der Waals surface area contributed by atoms with Crippen LogP contribution in [-0.4, -0.2) is 73.4 Å². The molecule has 4 rings (SSSR count). The molecule has 0 bridgehead atoms. The Hall–Kier alpha value is -1.78. The van der Waals surface area contributed by atoms with Crippen LogP contribution in [0.4, 0.5) is 13.2 Å². The minimum atomic E-state index is -3.18. The standard InChI is InChI=1S/C24H30F3N3O2S/c25-12-17-13-29(14-17)9-10-32-20-3-1-18(2-4-20)23-22-6-5-21(33-28)11-19(22)7-8-30(23)15-24(26,27)16-31/h1-6,11,17,23,31H,7-10,12-16,28H2. The molecule has 0 aliphatic carbocycles. The molecule has 1 fully saturated rings. The van der Waals surface area contributed by atoms with Gasteiger partial charge < -0.3 is 9.84 Å². The number of rotatable bonds is 10. The van der Waals surface area contributed by atoms with E-state index < -0.39 is 19.1 Å². The van der Waals surface area contributed by atoms with E-state index in [1.165, 1.54) is 11.9 Å². The van der Waals surface area contributed by atoms with E-state index in [2.05, 4.69) is 4.90 Å². The maximum Gasteiger partial charge on any atom is 0.283 e. The molecule has 0 aromatic heterocycles. The number of benzene rings is 2. The van der Waals surface area contributed by atoms with E-state index in [4.69, 9.17) is 15.0 Å². The van der Waals surface area contributed by atoms with Crippen molar-refractivity contribution in [3.8, 4) is 5.75 Å². The number of halogens is 3. The lowest BCUT2D eigenvalue weighted by Gasteiger charge is -2.39. The van der Waals surface area contributed by atoms with E-state index in [0.717, 1.165) is 41.2 Å². The first-order chi connectivity index (χ1) is 15.9. The van der Waals surface area contributed by atoms with Gasteiger partial charge in [0.25, 0.3) is 5.92 Å². The van der Waals surface area contributed by atoms with Crippen molar-refractivity contribution in [3.05, 3.63) is 59.2 Å². The molecule has 0 spiro atoms. The largest absolute Gasteiger partial charge is 0.492 e. The third-order valence-electron chi connectivity index (χ3n) is 6.37. The lowest BCUT2D eigenvalue weighted by Crippen LogP contribution is -2.49. The molecule has 5 nitrogen and oxygen atoms in total. The van der Waals surface area contributed by atoms with Crippen LogP contribution in [0.15, 0.2) is 47.4 Å². The summed E-state index contributed by atoms with van der Waals surface area (Å²) in [4.78, 5) is 4.82. The topological polar surface area (TPSA) is 62.0 Å². The number of ether oxygens (including phenoxy) is 1. The molecule has 2 aliphatic heterocycles. The van der Waals surface area contributed by atoms with Gasteiger partial charge in [-0.15, -0.1) is 0 Å². The first kappa shape index (κ1) is 24.3. The lowest BCUT2D eigenvalue weighted by molar-refractivity contribution is -0.0786. The van der Waals surface area contributed by atoms with Gasteiger partial charge in [0.1, 0.15) is 19.0 Å². The highest BCUT2D eigenvalue weighted by Gasteiger charge is 2.37. The minimum Gasteiger partial charge on any atom is -0.492 e. The molecular formula is C24H30F3N3O2S. The lowest BCUT2D eigenvalue weighted by atomic mass is 9.88. The number of aliphatic hydroxyl groups excluding tert-OH is 1. The van der Waals surface area contributed by atoms with Crippen LogP contribution in [0.3, 0.4) is 0 Å². The summed E-state index contributed by atoms with van der Waals surface area (Å²) in [5.41, 5.74) is 2.96. The molecule has 2 aromatic rings. The SMILES string of the molecule is NSc1ccc2c(c1)CCN(CC(F)(F)CO)C2c1ccc(OCCN2CC(CF)C2)cc1. The Balaban J connectivity index is 1.48. The van der Waals surface area contributed by atoms with Crippen molar-refractivity contribution < 1.29 is 23.0 Å². The molecule has 9 heteroatoms. The first-order valence-electron chi connectivity index (χ1n) is 11.2. The number of nitrogens with zero attached hydrogens (tertiary/aromatic N) is 2. The van der Waals surface area contributed by atoms with E-state index in [0.29, 0.717) is 25.3 Å². The third-order valence-corrected chi connectivity index (χ3v) is 6.89. The number of fused-ring (bicyclic) bond motifs is 1. The molecule has 1 unspecified atom stereocenters. The fourth-order valence-electron chi connectivity index (χ4n) is 4.63. The molecule has 0 amide bonds. The molecule has 2 aromatic carbocycles. The molecule has 2 heterocycles. The van der Waals surface area contributed by atoms with Gasteiger partial charge in [-0.05, 0) is 59.3 Å². The highest BCUT2D eigenvalue weighted by atomic mass is 32.2. The fourth-order valence-corrected chi connectivity index (χ4v) is 4.99. The summed E-state index contributed by atoms with van der Waals surface area (Å²) < 4.78 is 46.6. The first-order valence-corrected chi connectivity index (χ1v) is 12.0. The van der Waals surface area contributed by atoms with Gasteiger partial charge in [0.05, 0.1) is 19.3 Å². The summed E-state index contributed by atoms with van der Waals surface area (Å²) in [6.45, 7) is 1.31. The van der Waals surface area contributed by atoms with E-state index >= 15 is 0 Å². The Morgan fingerprint density at radius 3 is 2.58 bits per heavy atom. The summed E-state index contributed by atoms with van der Waals surface area (Å²) in [7, 11) is 0. The van der Waals surface area contributed by atoms with Gasteiger partial charge in [-0.2, -0.15) is 0 Å². The Bertz CT molecular complexity index is 926. The van der Waals surface area contributed by atoms with Gasteiger partial charge >= 0.3 is 0 Å². The van der Waals surface area contributed by atoms with E-state index in [-0.39, 0.29) is 18.6 Å². The van der Waals surface area contributed by atoms with Gasteiger partial charge in [0, 0.05) is 37.0 Å².